The van der Waals surface area contributed by atoms with Gasteiger partial charge in [0.1, 0.15) is 16.4 Å². The number of aryl methyl sites for hydroxylation is 2. The number of halogens is 1. The van der Waals surface area contributed by atoms with Gasteiger partial charge in [0, 0.05) is 18.1 Å². The van der Waals surface area contributed by atoms with E-state index in [1.54, 1.807) is 17.9 Å². The average Bonchev–Trinajstić information content (AvgIpc) is 3.61. The van der Waals surface area contributed by atoms with Gasteiger partial charge in [-0.2, -0.15) is 5.10 Å². The fraction of sp³-hybridized carbons (Fsp3) is 0.393. The summed E-state index contributed by atoms with van der Waals surface area (Å²) in [6, 6.07) is 7.50. The number of carbonyl (C=O) groups excluding carboxylic acids is 2. The Hall–Kier alpha value is -3.35. The molecule has 3 aromatic heterocycles. The first-order valence-corrected chi connectivity index (χ1v) is 15.6. The molecule has 3 heterocycles. The molecule has 4 aromatic rings. The van der Waals surface area contributed by atoms with Crippen LogP contribution >= 0.6 is 34.7 Å². The van der Waals surface area contributed by atoms with Crippen molar-refractivity contribution in [2.24, 2.45) is 7.05 Å². The van der Waals surface area contributed by atoms with Gasteiger partial charge in [0.25, 0.3) is 0 Å². The van der Waals surface area contributed by atoms with Crippen molar-refractivity contribution in [2.75, 3.05) is 17.7 Å². The van der Waals surface area contributed by atoms with E-state index < -0.39 is 5.97 Å². The van der Waals surface area contributed by atoms with Crippen molar-refractivity contribution < 1.29 is 19.1 Å². The lowest BCUT2D eigenvalue weighted by molar-refractivity contribution is -0.113. The van der Waals surface area contributed by atoms with Gasteiger partial charge in [-0.3, -0.25) is 14.0 Å². The lowest BCUT2D eigenvalue weighted by Crippen LogP contribution is -2.19. The second-order valence-electron chi connectivity index (χ2n) is 9.77. The van der Waals surface area contributed by atoms with E-state index in [9.17, 15) is 9.59 Å². The van der Waals surface area contributed by atoms with Crippen LogP contribution in [0.1, 0.15) is 54.4 Å². The predicted octanol–water partition coefficient (Wildman–Crippen LogP) is 5.96. The van der Waals surface area contributed by atoms with Gasteiger partial charge in [0.05, 0.1) is 34.7 Å². The quantitative estimate of drug-likeness (QED) is 0.172. The third kappa shape index (κ3) is 6.44. The number of anilines is 1. The van der Waals surface area contributed by atoms with Crippen molar-refractivity contribution in [1.82, 2.24) is 24.5 Å². The van der Waals surface area contributed by atoms with Crippen molar-refractivity contribution in [2.45, 2.75) is 57.7 Å². The van der Waals surface area contributed by atoms with Crippen LogP contribution in [-0.2, 0) is 29.4 Å². The first kappa shape index (κ1) is 29.2. The Morgan fingerprint density at radius 2 is 1.93 bits per heavy atom. The number of ether oxygens (including phenoxy) is 2. The minimum atomic E-state index is -0.394. The van der Waals surface area contributed by atoms with Crippen LogP contribution in [0.2, 0.25) is 5.02 Å². The maximum atomic E-state index is 13.2. The van der Waals surface area contributed by atoms with E-state index in [0.717, 1.165) is 47.6 Å². The molecule has 0 spiro atoms. The van der Waals surface area contributed by atoms with Gasteiger partial charge in [-0.1, -0.05) is 23.4 Å². The number of nitrogens with one attached hydrogen (secondary N) is 1. The van der Waals surface area contributed by atoms with Crippen molar-refractivity contribution in [3.63, 3.8) is 0 Å². The van der Waals surface area contributed by atoms with Gasteiger partial charge >= 0.3 is 5.97 Å². The molecule has 0 bridgehead atoms. The van der Waals surface area contributed by atoms with Crippen LogP contribution in [0.5, 0.6) is 5.75 Å². The third-order valence-corrected chi connectivity index (χ3v) is 8.75. The van der Waals surface area contributed by atoms with Crippen molar-refractivity contribution in [3.8, 4) is 23.0 Å². The predicted molar refractivity (Wildman–Crippen MR) is 161 cm³/mol. The Kier molecular flexibility index (Phi) is 9.00. The van der Waals surface area contributed by atoms with E-state index in [1.807, 2.05) is 49.6 Å². The van der Waals surface area contributed by atoms with Gasteiger partial charge in [0.2, 0.25) is 5.91 Å². The Labute approximate surface area is 251 Å². The first-order valence-electron chi connectivity index (χ1n) is 13.4. The fourth-order valence-corrected chi connectivity index (χ4v) is 6.96. The molecule has 0 radical (unpaired) electrons. The summed E-state index contributed by atoms with van der Waals surface area (Å²) in [5, 5.41) is 17.7. The SMILES string of the molecule is CCOc1ccc(-n2c(SCC(=O)Nc3sc4c(c3C(=O)OC(C)C)CCCC4)nnc2-c2nn(C)cc2Cl)cc1. The standard InChI is InChI=1S/C28H31ClN6O4S2/c1-5-38-18-12-10-17(11-13-18)35-25(24-20(29)14-34(4)33-24)31-32-28(35)40-15-22(36)30-26-23(27(37)39-16(2)3)19-8-6-7-9-21(19)41-26/h10-14,16H,5-9,15H2,1-4H3,(H,30,36). The summed E-state index contributed by atoms with van der Waals surface area (Å²) in [6.45, 7) is 6.12. The molecule has 0 aliphatic heterocycles. The number of nitrogens with zero attached hydrogens (tertiary/aromatic N) is 5. The molecule has 0 fully saturated rings. The van der Waals surface area contributed by atoms with Gasteiger partial charge in [-0.15, -0.1) is 21.5 Å². The molecule has 10 nitrogen and oxygen atoms in total. The highest BCUT2D eigenvalue weighted by atomic mass is 35.5. The van der Waals surface area contributed by atoms with Gasteiger partial charge in [0.15, 0.2) is 11.0 Å². The lowest BCUT2D eigenvalue weighted by Gasteiger charge is -2.14. The van der Waals surface area contributed by atoms with Crippen molar-refractivity contribution in [3.05, 3.63) is 51.5 Å². The summed E-state index contributed by atoms with van der Waals surface area (Å²) in [4.78, 5) is 27.3. The monoisotopic (exact) mass is 614 g/mol. The van der Waals surface area contributed by atoms with E-state index in [-0.39, 0.29) is 17.8 Å². The molecule has 1 aliphatic rings. The number of hydrogen-bond acceptors (Lipinski definition) is 9. The van der Waals surface area contributed by atoms with E-state index in [1.165, 1.54) is 23.1 Å². The molecule has 1 N–H and O–H groups in total. The summed E-state index contributed by atoms with van der Waals surface area (Å²) in [7, 11) is 1.78. The number of thioether (sulfide) groups is 1. The molecular weight excluding hydrogens is 584 g/mol. The molecule has 1 aliphatic carbocycles. The van der Waals surface area contributed by atoms with Gasteiger partial charge < -0.3 is 14.8 Å². The molecular formula is C28H31ClN6O4S2. The summed E-state index contributed by atoms with van der Waals surface area (Å²) in [5.41, 5.74) is 2.73. The number of esters is 1. The molecule has 1 amide bonds. The highest BCUT2D eigenvalue weighted by molar-refractivity contribution is 7.99. The molecule has 13 heteroatoms. The highest BCUT2D eigenvalue weighted by Gasteiger charge is 2.28. The average molecular weight is 615 g/mol. The topological polar surface area (TPSA) is 113 Å². The summed E-state index contributed by atoms with van der Waals surface area (Å²) in [5.74, 6) is 0.584. The summed E-state index contributed by atoms with van der Waals surface area (Å²) in [6.07, 6.45) is 5.23. The molecule has 0 atom stereocenters. The number of thiophene rings is 1. The van der Waals surface area contributed by atoms with Crippen LogP contribution in [0.25, 0.3) is 17.2 Å². The smallest absolute Gasteiger partial charge is 0.341 e. The van der Waals surface area contributed by atoms with Gasteiger partial charge in [-0.05, 0) is 76.3 Å². The largest absolute Gasteiger partial charge is 0.494 e. The van der Waals surface area contributed by atoms with Crippen LogP contribution in [0.15, 0.2) is 35.6 Å². The Bertz CT molecular complexity index is 1560. The van der Waals surface area contributed by atoms with Crippen LogP contribution in [0, 0.1) is 0 Å². The highest BCUT2D eigenvalue weighted by Crippen LogP contribution is 2.39. The molecule has 216 valence electrons. The number of aromatic nitrogens is 5. The molecule has 0 unspecified atom stereocenters. The third-order valence-electron chi connectivity index (χ3n) is 6.34. The second kappa shape index (κ2) is 12.7. The zero-order valence-corrected chi connectivity index (χ0v) is 25.7. The maximum absolute atomic E-state index is 13.2. The fourth-order valence-electron chi connectivity index (χ4n) is 4.65. The van der Waals surface area contributed by atoms with Crippen molar-refractivity contribution in [1.29, 1.82) is 0 Å². The number of amides is 1. The zero-order chi connectivity index (χ0) is 29.1. The number of rotatable bonds is 10. The number of carbonyl (C=O) groups is 2. The molecule has 41 heavy (non-hydrogen) atoms. The van der Waals surface area contributed by atoms with Gasteiger partial charge in [-0.25, -0.2) is 4.79 Å². The second-order valence-corrected chi connectivity index (χ2v) is 12.2. The number of benzene rings is 1. The minimum absolute atomic E-state index is 0.0480. The minimum Gasteiger partial charge on any atom is -0.494 e. The molecule has 1 aromatic carbocycles. The number of fused-ring (bicyclic) bond motifs is 1. The van der Waals surface area contributed by atoms with Crippen LogP contribution < -0.4 is 10.1 Å². The first-order chi connectivity index (χ1) is 19.7. The molecule has 0 saturated carbocycles. The lowest BCUT2D eigenvalue weighted by atomic mass is 9.95. The van der Waals surface area contributed by atoms with Crippen LogP contribution in [0.3, 0.4) is 0 Å². The summed E-state index contributed by atoms with van der Waals surface area (Å²) < 4.78 is 14.5. The summed E-state index contributed by atoms with van der Waals surface area (Å²) >= 11 is 9.15. The van der Waals surface area contributed by atoms with Crippen LogP contribution in [0.4, 0.5) is 5.00 Å². The Morgan fingerprint density at radius 1 is 1.17 bits per heavy atom. The number of hydrogen-bond donors (Lipinski definition) is 1. The maximum Gasteiger partial charge on any atom is 0.341 e. The van der Waals surface area contributed by atoms with E-state index in [0.29, 0.717) is 38.9 Å². The van der Waals surface area contributed by atoms with E-state index in [4.69, 9.17) is 21.1 Å². The Balaban J connectivity index is 1.40. The van der Waals surface area contributed by atoms with Crippen molar-refractivity contribution >= 4 is 51.6 Å². The molecule has 0 saturated heterocycles. The van der Waals surface area contributed by atoms with Crippen LogP contribution in [-0.4, -0.2) is 54.9 Å². The normalized spacial score (nSPS) is 12.8. The van der Waals surface area contributed by atoms with E-state index in [2.05, 4.69) is 20.6 Å². The Morgan fingerprint density at radius 3 is 2.61 bits per heavy atom. The van der Waals surface area contributed by atoms with E-state index >= 15 is 0 Å². The zero-order valence-electron chi connectivity index (χ0n) is 23.3. The molecule has 5 rings (SSSR count).